The number of nitrogens with zero attached hydrogens (tertiary/aromatic N) is 1. The van der Waals surface area contributed by atoms with Gasteiger partial charge in [-0.25, -0.2) is 0 Å². The van der Waals surface area contributed by atoms with Crippen molar-refractivity contribution >= 4 is 11.6 Å². The molecule has 2 nitrogen and oxygen atoms in total. The van der Waals surface area contributed by atoms with Crippen LogP contribution < -0.4 is 4.90 Å². The third-order valence-corrected chi connectivity index (χ3v) is 6.73. The number of anilines is 1. The van der Waals surface area contributed by atoms with Crippen molar-refractivity contribution in [1.29, 1.82) is 0 Å². The summed E-state index contributed by atoms with van der Waals surface area (Å²) in [6, 6.07) is 8.96. The zero-order chi connectivity index (χ0) is 18.0. The van der Waals surface area contributed by atoms with Crippen molar-refractivity contribution in [2.75, 3.05) is 4.90 Å². The highest BCUT2D eigenvalue weighted by molar-refractivity contribution is 5.95. The van der Waals surface area contributed by atoms with Crippen molar-refractivity contribution in [2.24, 2.45) is 17.8 Å². The van der Waals surface area contributed by atoms with Crippen LogP contribution >= 0.6 is 0 Å². The Labute approximate surface area is 154 Å². The summed E-state index contributed by atoms with van der Waals surface area (Å²) in [5, 5.41) is 0. The summed E-state index contributed by atoms with van der Waals surface area (Å²) in [6.07, 6.45) is 8.62. The van der Waals surface area contributed by atoms with Gasteiger partial charge in [-0.2, -0.15) is 0 Å². The molecule has 1 aromatic rings. The number of hydrogen-bond donors (Lipinski definition) is 0. The van der Waals surface area contributed by atoms with Crippen LogP contribution in [0.2, 0.25) is 0 Å². The van der Waals surface area contributed by atoms with Crippen molar-refractivity contribution in [3.63, 3.8) is 0 Å². The number of amides is 1. The molecule has 0 N–H and O–H groups in total. The molecule has 3 rings (SSSR count). The van der Waals surface area contributed by atoms with Crippen LogP contribution in [0, 0.1) is 17.8 Å². The molecule has 1 amide bonds. The molecule has 0 bridgehead atoms. The average molecular weight is 342 g/mol. The van der Waals surface area contributed by atoms with E-state index in [1.807, 2.05) is 6.92 Å². The second-order valence-corrected chi connectivity index (χ2v) is 8.72. The second-order valence-electron chi connectivity index (χ2n) is 8.72. The number of carbonyl (C=O) groups excluding carboxylic acids is 1. The molecule has 1 aliphatic heterocycles. The lowest BCUT2D eigenvalue weighted by atomic mass is 9.72. The van der Waals surface area contributed by atoms with Gasteiger partial charge in [-0.15, -0.1) is 0 Å². The minimum absolute atomic E-state index is 0.260. The number of benzene rings is 1. The third-order valence-electron chi connectivity index (χ3n) is 6.73. The van der Waals surface area contributed by atoms with Gasteiger partial charge in [0.25, 0.3) is 0 Å². The second kappa shape index (κ2) is 7.93. The van der Waals surface area contributed by atoms with Gasteiger partial charge in [0.1, 0.15) is 0 Å². The molecule has 2 aliphatic rings. The first-order chi connectivity index (χ1) is 12.0. The lowest BCUT2D eigenvalue weighted by Gasteiger charge is -2.41. The summed E-state index contributed by atoms with van der Waals surface area (Å²) >= 11 is 0. The van der Waals surface area contributed by atoms with Gasteiger partial charge in [-0.3, -0.25) is 4.79 Å². The molecule has 1 heterocycles. The molecule has 1 aliphatic carbocycles. The maximum absolute atomic E-state index is 12.5. The monoisotopic (exact) mass is 341 g/mol. The molecule has 25 heavy (non-hydrogen) atoms. The Bertz CT molecular complexity index is 586. The molecule has 1 saturated carbocycles. The summed E-state index contributed by atoms with van der Waals surface area (Å²) in [7, 11) is 0. The fourth-order valence-electron chi connectivity index (χ4n) is 5.20. The van der Waals surface area contributed by atoms with Gasteiger partial charge >= 0.3 is 0 Å². The van der Waals surface area contributed by atoms with E-state index in [9.17, 15) is 4.79 Å². The largest absolute Gasteiger partial charge is 0.309 e. The molecule has 0 spiro atoms. The van der Waals surface area contributed by atoms with Crippen LogP contribution in [-0.4, -0.2) is 11.9 Å². The minimum Gasteiger partial charge on any atom is -0.309 e. The van der Waals surface area contributed by atoms with E-state index in [2.05, 4.69) is 49.9 Å². The Morgan fingerprint density at radius 2 is 1.84 bits per heavy atom. The van der Waals surface area contributed by atoms with Crippen LogP contribution in [0.3, 0.4) is 0 Å². The molecular weight excluding hydrogens is 306 g/mol. The van der Waals surface area contributed by atoms with Crippen LogP contribution in [0.15, 0.2) is 24.3 Å². The number of carbonyl (C=O) groups is 1. The zero-order valence-corrected chi connectivity index (χ0v) is 16.5. The molecule has 1 unspecified atom stereocenters. The van der Waals surface area contributed by atoms with Crippen molar-refractivity contribution < 1.29 is 4.79 Å². The SMILES string of the molecule is CCC(=O)N1c2ccccc2[C@H](CC2CCC(C(C)C)CC2)CC1C. The average Bonchev–Trinajstić information content (AvgIpc) is 2.62. The van der Waals surface area contributed by atoms with Crippen molar-refractivity contribution in [2.45, 2.75) is 84.6 Å². The van der Waals surface area contributed by atoms with Gasteiger partial charge in [0.15, 0.2) is 0 Å². The predicted octanol–water partition coefficient (Wildman–Crippen LogP) is 6.16. The summed E-state index contributed by atoms with van der Waals surface area (Å²) in [5.74, 6) is 3.52. The first-order valence-electron chi connectivity index (χ1n) is 10.4. The van der Waals surface area contributed by atoms with Gasteiger partial charge < -0.3 is 4.90 Å². The molecule has 2 heteroatoms. The summed E-state index contributed by atoms with van der Waals surface area (Å²) < 4.78 is 0. The van der Waals surface area contributed by atoms with E-state index in [4.69, 9.17) is 0 Å². The highest BCUT2D eigenvalue weighted by atomic mass is 16.2. The van der Waals surface area contributed by atoms with Gasteiger partial charge in [0.05, 0.1) is 0 Å². The topological polar surface area (TPSA) is 20.3 Å². The normalized spacial score (nSPS) is 29.6. The van der Waals surface area contributed by atoms with E-state index >= 15 is 0 Å². The smallest absolute Gasteiger partial charge is 0.226 e. The molecule has 2 atom stereocenters. The third kappa shape index (κ3) is 3.93. The molecule has 1 aromatic carbocycles. The fraction of sp³-hybridized carbons (Fsp3) is 0.696. The maximum atomic E-state index is 12.5. The lowest BCUT2D eigenvalue weighted by molar-refractivity contribution is -0.118. The van der Waals surface area contributed by atoms with Crippen LogP contribution in [0.4, 0.5) is 5.69 Å². The number of rotatable bonds is 4. The fourth-order valence-corrected chi connectivity index (χ4v) is 5.20. The molecule has 0 saturated heterocycles. The Morgan fingerprint density at radius 3 is 2.48 bits per heavy atom. The van der Waals surface area contributed by atoms with Crippen molar-refractivity contribution in [3.8, 4) is 0 Å². The van der Waals surface area contributed by atoms with Crippen LogP contribution in [0.25, 0.3) is 0 Å². The Morgan fingerprint density at radius 1 is 1.16 bits per heavy atom. The van der Waals surface area contributed by atoms with Crippen LogP contribution in [0.1, 0.15) is 84.1 Å². The van der Waals surface area contributed by atoms with Gasteiger partial charge in [-0.05, 0) is 67.9 Å². The number of hydrogen-bond acceptors (Lipinski definition) is 1. The summed E-state index contributed by atoms with van der Waals surface area (Å²) in [5.41, 5.74) is 2.59. The van der Waals surface area contributed by atoms with Crippen molar-refractivity contribution in [3.05, 3.63) is 29.8 Å². The van der Waals surface area contributed by atoms with E-state index in [0.29, 0.717) is 18.4 Å². The lowest BCUT2D eigenvalue weighted by Crippen LogP contribution is -2.43. The van der Waals surface area contributed by atoms with E-state index in [-0.39, 0.29) is 5.91 Å². The first-order valence-corrected chi connectivity index (χ1v) is 10.4. The standard InChI is InChI=1S/C23H35NO/c1-5-23(25)24-17(4)14-20(21-8-6-7-9-22(21)24)15-18-10-12-19(13-11-18)16(2)3/h6-9,16-20H,5,10-15H2,1-4H3/t17?,18?,19?,20-/m0/s1. The molecule has 1 fully saturated rings. The summed E-state index contributed by atoms with van der Waals surface area (Å²) in [4.78, 5) is 14.5. The van der Waals surface area contributed by atoms with Crippen molar-refractivity contribution in [1.82, 2.24) is 0 Å². The molecule has 0 aromatic heterocycles. The highest BCUT2D eigenvalue weighted by Crippen LogP contribution is 2.45. The van der Waals surface area contributed by atoms with Crippen LogP contribution in [0.5, 0.6) is 0 Å². The Balaban J connectivity index is 1.74. The predicted molar refractivity (Wildman–Crippen MR) is 106 cm³/mol. The zero-order valence-electron chi connectivity index (χ0n) is 16.5. The van der Waals surface area contributed by atoms with E-state index in [1.54, 1.807) is 0 Å². The number of fused-ring (bicyclic) bond motifs is 1. The summed E-state index contributed by atoms with van der Waals surface area (Å²) in [6.45, 7) is 8.95. The van der Waals surface area contributed by atoms with E-state index < -0.39 is 0 Å². The van der Waals surface area contributed by atoms with E-state index in [1.165, 1.54) is 43.4 Å². The maximum Gasteiger partial charge on any atom is 0.226 e. The van der Waals surface area contributed by atoms with Crippen LogP contribution in [-0.2, 0) is 4.79 Å². The Kier molecular flexibility index (Phi) is 5.86. The van der Waals surface area contributed by atoms with Gasteiger partial charge in [-0.1, -0.05) is 51.8 Å². The number of para-hydroxylation sites is 1. The first kappa shape index (κ1) is 18.5. The van der Waals surface area contributed by atoms with Gasteiger partial charge in [0.2, 0.25) is 5.91 Å². The highest BCUT2D eigenvalue weighted by Gasteiger charge is 2.34. The molecule has 138 valence electrons. The molecule has 0 radical (unpaired) electrons. The van der Waals surface area contributed by atoms with Gasteiger partial charge in [0, 0.05) is 18.2 Å². The minimum atomic E-state index is 0.260. The van der Waals surface area contributed by atoms with E-state index in [0.717, 1.165) is 24.2 Å². The Hall–Kier alpha value is -1.31. The molecular formula is C23H35NO. The quantitative estimate of drug-likeness (QED) is 0.642.